The Morgan fingerprint density at radius 2 is 1.57 bits per heavy atom. The molecule has 2 rings (SSSR count). The van der Waals surface area contributed by atoms with Crippen LogP contribution in [0, 0.1) is 17.5 Å². The van der Waals surface area contributed by atoms with Gasteiger partial charge in [0.15, 0.2) is 0 Å². The Labute approximate surface area is 119 Å². The number of rotatable bonds is 5. The third-order valence-electron chi connectivity index (χ3n) is 2.79. The van der Waals surface area contributed by atoms with E-state index in [1.54, 1.807) is 12.1 Å². The van der Waals surface area contributed by atoms with Gasteiger partial charge in [-0.1, -0.05) is 18.2 Å². The molecule has 0 aliphatic rings. The van der Waals surface area contributed by atoms with Gasteiger partial charge in [0, 0.05) is 6.54 Å². The topological polar surface area (TPSA) is 41.1 Å². The predicted molar refractivity (Wildman–Crippen MR) is 73.1 cm³/mol. The molecule has 21 heavy (non-hydrogen) atoms. The lowest BCUT2D eigenvalue weighted by molar-refractivity contribution is -0.119. The molecule has 2 aromatic rings. The normalized spacial score (nSPS) is 10.2. The maximum Gasteiger partial charge on any atom is 0.239 e. The molecule has 1 amide bonds. The van der Waals surface area contributed by atoms with Crippen LogP contribution >= 0.6 is 0 Å². The summed E-state index contributed by atoms with van der Waals surface area (Å²) in [5.41, 5.74) is 0.385. The standard InChI is InChI=1S/C15H13F3N2O/c16-11-6-4-10(5-7-11)8-19-14(21)9-20-15-12(17)2-1-3-13(15)18/h1-7,20H,8-9H2,(H,19,21). The van der Waals surface area contributed by atoms with Crippen LogP contribution in [0.2, 0.25) is 0 Å². The molecular weight excluding hydrogens is 281 g/mol. The fraction of sp³-hybridized carbons (Fsp3) is 0.133. The zero-order chi connectivity index (χ0) is 15.2. The Bertz CT molecular complexity index is 609. The zero-order valence-corrected chi connectivity index (χ0v) is 11.0. The number of hydrogen-bond donors (Lipinski definition) is 2. The van der Waals surface area contributed by atoms with Crippen LogP contribution in [0.15, 0.2) is 42.5 Å². The number of hydrogen-bond acceptors (Lipinski definition) is 2. The van der Waals surface area contributed by atoms with Crippen LogP contribution in [0.1, 0.15) is 5.56 Å². The van der Waals surface area contributed by atoms with E-state index in [0.29, 0.717) is 0 Å². The zero-order valence-electron chi connectivity index (χ0n) is 11.0. The lowest BCUT2D eigenvalue weighted by Crippen LogP contribution is -2.29. The minimum atomic E-state index is -0.763. The van der Waals surface area contributed by atoms with Crippen LogP contribution in [0.5, 0.6) is 0 Å². The molecule has 2 aromatic carbocycles. The van der Waals surface area contributed by atoms with Crippen molar-refractivity contribution in [1.82, 2.24) is 5.32 Å². The molecule has 110 valence electrons. The molecule has 0 aromatic heterocycles. The van der Waals surface area contributed by atoms with Gasteiger partial charge in [0.05, 0.1) is 6.54 Å². The number of carbonyl (C=O) groups excluding carboxylic acids is 1. The largest absolute Gasteiger partial charge is 0.371 e. The second kappa shape index (κ2) is 6.78. The minimum Gasteiger partial charge on any atom is -0.371 e. The Morgan fingerprint density at radius 1 is 0.952 bits per heavy atom. The molecule has 0 unspecified atom stereocenters. The summed E-state index contributed by atoms with van der Waals surface area (Å²) in [5.74, 6) is -2.31. The fourth-order valence-electron chi connectivity index (χ4n) is 1.70. The van der Waals surface area contributed by atoms with Gasteiger partial charge in [-0.25, -0.2) is 13.2 Å². The summed E-state index contributed by atoms with van der Waals surface area (Å²) in [4.78, 5) is 11.6. The number of anilines is 1. The SMILES string of the molecule is O=C(CNc1c(F)cccc1F)NCc1ccc(F)cc1. The molecule has 0 heterocycles. The van der Waals surface area contributed by atoms with Crippen molar-refractivity contribution in [3.05, 3.63) is 65.5 Å². The van der Waals surface area contributed by atoms with E-state index in [9.17, 15) is 18.0 Å². The van der Waals surface area contributed by atoms with E-state index in [4.69, 9.17) is 0 Å². The molecule has 2 N–H and O–H groups in total. The number of halogens is 3. The van der Waals surface area contributed by atoms with Crippen molar-refractivity contribution in [3.63, 3.8) is 0 Å². The minimum absolute atomic E-state index is 0.209. The number of benzene rings is 2. The lowest BCUT2D eigenvalue weighted by Gasteiger charge is -2.09. The number of amides is 1. The van der Waals surface area contributed by atoms with Crippen LogP contribution in [0.4, 0.5) is 18.9 Å². The smallest absolute Gasteiger partial charge is 0.239 e. The first kappa shape index (κ1) is 14.9. The lowest BCUT2D eigenvalue weighted by atomic mass is 10.2. The summed E-state index contributed by atoms with van der Waals surface area (Å²) in [7, 11) is 0. The van der Waals surface area contributed by atoms with Crippen LogP contribution in [-0.2, 0) is 11.3 Å². The van der Waals surface area contributed by atoms with Crippen molar-refractivity contribution in [3.8, 4) is 0 Å². The van der Waals surface area contributed by atoms with Crippen molar-refractivity contribution in [1.29, 1.82) is 0 Å². The van der Waals surface area contributed by atoms with Crippen molar-refractivity contribution in [2.75, 3.05) is 11.9 Å². The van der Waals surface area contributed by atoms with Crippen LogP contribution in [0.25, 0.3) is 0 Å². The first-order chi connectivity index (χ1) is 10.1. The van der Waals surface area contributed by atoms with Crippen molar-refractivity contribution >= 4 is 11.6 Å². The average Bonchev–Trinajstić information content (AvgIpc) is 2.46. The maximum absolute atomic E-state index is 13.3. The monoisotopic (exact) mass is 294 g/mol. The van der Waals surface area contributed by atoms with Gasteiger partial charge in [-0.15, -0.1) is 0 Å². The van der Waals surface area contributed by atoms with Gasteiger partial charge in [0.2, 0.25) is 5.91 Å². The summed E-state index contributed by atoms with van der Waals surface area (Å²) >= 11 is 0. The summed E-state index contributed by atoms with van der Waals surface area (Å²) in [5, 5.41) is 4.96. The third kappa shape index (κ3) is 4.24. The van der Waals surface area contributed by atoms with E-state index in [-0.39, 0.29) is 24.6 Å². The third-order valence-corrected chi connectivity index (χ3v) is 2.79. The molecule has 0 saturated heterocycles. The van der Waals surface area contributed by atoms with E-state index in [2.05, 4.69) is 10.6 Å². The molecule has 0 radical (unpaired) electrons. The second-order valence-electron chi connectivity index (χ2n) is 4.35. The quantitative estimate of drug-likeness (QED) is 0.890. The number of para-hydroxylation sites is 1. The van der Waals surface area contributed by atoms with Gasteiger partial charge < -0.3 is 10.6 Å². The Balaban J connectivity index is 1.84. The first-order valence-corrected chi connectivity index (χ1v) is 6.25. The Morgan fingerprint density at radius 3 is 2.19 bits per heavy atom. The molecule has 0 aliphatic carbocycles. The summed E-state index contributed by atoms with van der Waals surface area (Å²) < 4.78 is 39.3. The van der Waals surface area contributed by atoms with E-state index >= 15 is 0 Å². The number of carbonyl (C=O) groups is 1. The van der Waals surface area contributed by atoms with Gasteiger partial charge in [-0.05, 0) is 29.8 Å². The van der Waals surface area contributed by atoms with Gasteiger partial charge in [0.1, 0.15) is 23.1 Å². The van der Waals surface area contributed by atoms with E-state index in [0.717, 1.165) is 17.7 Å². The second-order valence-corrected chi connectivity index (χ2v) is 4.35. The molecule has 6 heteroatoms. The summed E-state index contributed by atoms with van der Waals surface area (Å²) in [6.07, 6.45) is 0. The van der Waals surface area contributed by atoms with Gasteiger partial charge >= 0.3 is 0 Å². The Kier molecular flexibility index (Phi) is 4.81. The van der Waals surface area contributed by atoms with Crippen LogP contribution in [0.3, 0.4) is 0 Å². The predicted octanol–water partition coefficient (Wildman–Crippen LogP) is 2.83. The molecule has 0 aliphatic heterocycles. The molecule has 3 nitrogen and oxygen atoms in total. The summed E-state index contributed by atoms with van der Waals surface area (Å²) in [6, 6.07) is 9.09. The highest BCUT2D eigenvalue weighted by Gasteiger charge is 2.09. The highest BCUT2D eigenvalue weighted by molar-refractivity contribution is 5.80. The van der Waals surface area contributed by atoms with Crippen LogP contribution in [-0.4, -0.2) is 12.5 Å². The highest BCUT2D eigenvalue weighted by Crippen LogP contribution is 2.17. The Hall–Kier alpha value is -2.50. The molecular formula is C15H13F3N2O. The van der Waals surface area contributed by atoms with Gasteiger partial charge in [-0.2, -0.15) is 0 Å². The molecule has 0 atom stereocenters. The van der Waals surface area contributed by atoms with E-state index in [1.165, 1.54) is 18.2 Å². The number of nitrogens with one attached hydrogen (secondary N) is 2. The first-order valence-electron chi connectivity index (χ1n) is 6.25. The van der Waals surface area contributed by atoms with Gasteiger partial charge in [0.25, 0.3) is 0 Å². The highest BCUT2D eigenvalue weighted by atomic mass is 19.1. The van der Waals surface area contributed by atoms with Crippen molar-refractivity contribution < 1.29 is 18.0 Å². The molecule has 0 bridgehead atoms. The van der Waals surface area contributed by atoms with Gasteiger partial charge in [-0.3, -0.25) is 4.79 Å². The molecule has 0 fully saturated rings. The van der Waals surface area contributed by atoms with E-state index < -0.39 is 17.5 Å². The summed E-state index contributed by atoms with van der Waals surface area (Å²) in [6.45, 7) is -0.0560. The van der Waals surface area contributed by atoms with Crippen LogP contribution < -0.4 is 10.6 Å². The van der Waals surface area contributed by atoms with Crippen molar-refractivity contribution in [2.24, 2.45) is 0 Å². The van der Waals surface area contributed by atoms with E-state index in [1.807, 2.05) is 0 Å². The molecule has 0 spiro atoms. The fourth-order valence-corrected chi connectivity index (χ4v) is 1.70. The van der Waals surface area contributed by atoms with Crippen molar-refractivity contribution in [2.45, 2.75) is 6.54 Å². The molecule has 0 saturated carbocycles. The maximum atomic E-state index is 13.3. The average molecular weight is 294 g/mol.